The normalized spacial score (nSPS) is 21.4. The first-order valence-corrected chi connectivity index (χ1v) is 13.4. The van der Waals surface area contributed by atoms with Crippen molar-refractivity contribution >= 4 is 34.6 Å². The minimum Gasteiger partial charge on any atom is -0.494 e. The number of thiocarbonyl (C=S) groups is 1. The first-order valence-electron chi connectivity index (χ1n) is 13.0. The van der Waals surface area contributed by atoms with Gasteiger partial charge in [0.1, 0.15) is 11.8 Å². The molecule has 0 spiro atoms. The Kier molecular flexibility index (Phi) is 7.40. The Labute approximate surface area is 229 Å². The van der Waals surface area contributed by atoms with Crippen molar-refractivity contribution in [2.24, 2.45) is 5.41 Å². The molecule has 2 aromatic heterocycles. The minimum absolute atomic E-state index is 0.0815. The van der Waals surface area contributed by atoms with Gasteiger partial charge >= 0.3 is 0 Å². The summed E-state index contributed by atoms with van der Waals surface area (Å²) >= 11 is 5.91. The number of anilines is 2. The van der Waals surface area contributed by atoms with Crippen LogP contribution in [0.25, 0.3) is 0 Å². The number of aromatic nitrogens is 2. The lowest BCUT2D eigenvalue weighted by atomic mass is 9.95. The molecule has 0 saturated carbocycles. The van der Waals surface area contributed by atoms with E-state index in [9.17, 15) is 4.79 Å². The number of amides is 1. The van der Waals surface area contributed by atoms with Gasteiger partial charge in [0.2, 0.25) is 5.91 Å². The molecule has 8 nitrogen and oxygen atoms in total. The molecule has 4 heterocycles. The largest absolute Gasteiger partial charge is 0.494 e. The molecule has 2 aliphatic heterocycles. The average molecular weight is 534 g/mol. The van der Waals surface area contributed by atoms with E-state index in [1.165, 1.54) is 0 Å². The second-order valence-electron chi connectivity index (χ2n) is 10.8. The molecule has 2 fully saturated rings. The molecular formula is C29H35N5O3S. The number of hydrogen-bond donors (Lipinski definition) is 2. The van der Waals surface area contributed by atoms with Crippen LogP contribution < -0.4 is 20.3 Å². The van der Waals surface area contributed by atoms with Crippen LogP contribution in [-0.4, -0.2) is 40.4 Å². The number of pyridine rings is 1. The molecule has 0 bridgehead atoms. The zero-order chi connectivity index (χ0) is 26.9. The van der Waals surface area contributed by atoms with Crippen molar-refractivity contribution in [3.05, 3.63) is 72.3 Å². The molecule has 9 heteroatoms. The second-order valence-corrected chi connectivity index (χ2v) is 11.2. The van der Waals surface area contributed by atoms with Crippen LogP contribution in [0.15, 0.2) is 60.9 Å². The van der Waals surface area contributed by atoms with Crippen LogP contribution in [0.5, 0.6) is 5.75 Å². The molecule has 2 saturated heterocycles. The van der Waals surface area contributed by atoms with Gasteiger partial charge < -0.3 is 29.6 Å². The van der Waals surface area contributed by atoms with Gasteiger partial charge in [0.15, 0.2) is 5.11 Å². The number of rotatable bonds is 7. The third-order valence-corrected chi connectivity index (χ3v) is 7.40. The Morgan fingerprint density at radius 3 is 2.76 bits per heavy atom. The molecule has 3 aromatic rings. The molecule has 1 amide bonds. The van der Waals surface area contributed by atoms with Crippen molar-refractivity contribution < 1.29 is 14.3 Å². The molecular weight excluding hydrogens is 498 g/mol. The van der Waals surface area contributed by atoms with Crippen LogP contribution in [0.3, 0.4) is 0 Å². The molecule has 200 valence electrons. The summed E-state index contributed by atoms with van der Waals surface area (Å²) in [5.74, 6) is 0.486. The van der Waals surface area contributed by atoms with Crippen molar-refractivity contribution in [3.63, 3.8) is 0 Å². The number of ether oxygens (including phenoxy) is 2. The van der Waals surface area contributed by atoms with Gasteiger partial charge in [-0.15, -0.1) is 0 Å². The quantitative estimate of drug-likeness (QED) is 0.403. The van der Waals surface area contributed by atoms with Crippen LogP contribution in [0.1, 0.15) is 57.1 Å². The fourth-order valence-corrected chi connectivity index (χ4v) is 5.39. The van der Waals surface area contributed by atoms with E-state index in [-0.39, 0.29) is 24.1 Å². The molecule has 3 atom stereocenters. The number of nitrogens with one attached hydrogen (secondary N) is 2. The van der Waals surface area contributed by atoms with Gasteiger partial charge in [0.05, 0.1) is 30.6 Å². The van der Waals surface area contributed by atoms with Gasteiger partial charge in [0.25, 0.3) is 0 Å². The van der Waals surface area contributed by atoms with E-state index in [1.54, 1.807) is 13.3 Å². The summed E-state index contributed by atoms with van der Waals surface area (Å²) in [6.07, 6.45) is 6.27. The summed E-state index contributed by atoms with van der Waals surface area (Å²) < 4.78 is 13.9. The van der Waals surface area contributed by atoms with Gasteiger partial charge in [-0.2, -0.15) is 0 Å². The lowest BCUT2D eigenvalue weighted by molar-refractivity contribution is -0.123. The zero-order valence-electron chi connectivity index (χ0n) is 22.3. The standard InChI is InChI=1S/C29H35N5O3S/c1-29(2,3)27(35)31-21-13-12-19(17-24(21)36-4)34-26(25(32-28(34)38)22-10-5-6-14-30-22)23-11-7-15-33(23)18-20-9-8-16-37-20/h5-7,10-15,17,20,25-26H,8-9,16,18H2,1-4H3,(H,31,35)(H,32,38)/t20-,25-,26-/m1/s1. The Morgan fingerprint density at radius 2 is 2.08 bits per heavy atom. The topological polar surface area (TPSA) is 80.7 Å². The van der Waals surface area contributed by atoms with E-state index in [1.807, 2.05) is 57.2 Å². The van der Waals surface area contributed by atoms with Gasteiger partial charge in [0, 0.05) is 48.4 Å². The Morgan fingerprint density at radius 1 is 1.24 bits per heavy atom. The lowest BCUT2D eigenvalue weighted by Crippen LogP contribution is -2.31. The predicted octanol–water partition coefficient (Wildman–Crippen LogP) is 5.23. The summed E-state index contributed by atoms with van der Waals surface area (Å²) in [5, 5.41) is 7.12. The molecule has 1 aromatic carbocycles. The number of benzene rings is 1. The molecule has 5 rings (SSSR count). The summed E-state index contributed by atoms with van der Waals surface area (Å²) in [6, 6.07) is 15.6. The van der Waals surface area contributed by atoms with Gasteiger partial charge in [-0.05, 0) is 61.5 Å². The van der Waals surface area contributed by atoms with Crippen LogP contribution in [-0.2, 0) is 16.1 Å². The van der Waals surface area contributed by atoms with Crippen molar-refractivity contribution in [2.75, 3.05) is 23.9 Å². The molecule has 2 N–H and O–H groups in total. The Balaban J connectivity index is 1.54. The van der Waals surface area contributed by atoms with E-state index in [2.05, 4.69) is 43.4 Å². The highest BCUT2D eigenvalue weighted by atomic mass is 32.1. The first-order chi connectivity index (χ1) is 18.3. The smallest absolute Gasteiger partial charge is 0.229 e. The summed E-state index contributed by atoms with van der Waals surface area (Å²) in [6.45, 7) is 7.25. The number of nitrogens with zero attached hydrogens (tertiary/aromatic N) is 3. The maximum absolute atomic E-state index is 12.7. The van der Waals surface area contributed by atoms with Gasteiger partial charge in [-0.25, -0.2) is 0 Å². The molecule has 0 unspecified atom stereocenters. The van der Waals surface area contributed by atoms with Crippen LogP contribution in [0, 0.1) is 5.41 Å². The zero-order valence-corrected chi connectivity index (χ0v) is 23.1. The van der Waals surface area contributed by atoms with Crippen LogP contribution >= 0.6 is 12.2 Å². The van der Waals surface area contributed by atoms with Crippen molar-refractivity contribution in [1.82, 2.24) is 14.9 Å². The molecule has 0 aliphatic carbocycles. The highest BCUT2D eigenvalue weighted by Gasteiger charge is 2.42. The van der Waals surface area contributed by atoms with Crippen LogP contribution in [0.2, 0.25) is 0 Å². The third-order valence-electron chi connectivity index (χ3n) is 7.08. The van der Waals surface area contributed by atoms with Crippen molar-refractivity contribution in [2.45, 2.75) is 58.3 Å². The number of hydrogen-bond acceptors (Lipinski definition) is 5. The summed E-state index contributed by atoms with van der Waals surface area (Å²) in [5.41, 5.74) is 2.98. The monoisotopic (exact) mass is 533 g/mol. The SMILES string of the molecule is COc1cc(N2C(=S)N[C@H](c3ccccn3)[C@H]2c2cccn2C[C@H]2CCCO2)ccc1NC(=O)C(C)(C)C. The maximum atomic E-state index is 12.7. The highest BCUT2D eigenvalue weighted by Crippen LogP contribution is 2.43. The van der Waals surface area contributed by atoms with E-state index >= 15 is 0 Å². The Bertz CT molecular complexity index is 1300. The summed E-state index contributed by atoms with van der Waals surface area (Å²) in [7, 11) is 1.60. The number of carbonyl (C=O) groups is 1. The highest BCUT2D eigenvalue weighted by molar-refractivity contribution is 7.80. The van der Waals surface area contributed by atoms with E-state index in [0.29, 0.717) is 16.5 Å². The molecule has 2 aliphatic rings. The van der Waals surface area contributed by atoms with Crippen molar-refractivity contribution in [3.8, 4) is 5.75 Å². The minimum atomic E-state index is -0.528. The fraction of sp³-hybridized carbons (Fsp3) is 0.414. The lowest BCUT2D eigenvalue weighted by Gasteiger charge is -2.30. The fourth-order valence-electron chi connectivity index (χ4n) is 5.05. The summed E-state index contributed by atoms with van der Waals surface area (Å²) in [4.78, 5) is 19.4. The predicted molar refractivity (Wildman–Crippen MR) is 152 cm³/mol. The van der Waals surface area contributed by atoms with E-state index in [4.69, 9.17) is 21.7 Å². The second kappa shape index (κ2) is 10.7. The number of methoxy groups -OCH3 is 1. The van der Waals surface area contributed by atoms with Crippen molar-refractivity contribution in [1.29, 1.82) is 0 Å². The van der Waals surface area contributed by atoms with E-state index in [0.717, 1.165) is 43.1 Å². The Hall–Kier alpha value is -3.43. The third kappa shape index (κ3) is 5.26. The molecule has 38 heavy (non-hydrogen) atoms. The van der Waals surface area contributed by atoms with Gasteiger partial charge in [-0.1, -0.05) is 26.8 Å². The molecule has 0 radical (unpaired) electrons. The van der Waals surface area contributed by atoms with E-state index < -0.39 is 5.41 Å². The van der Waals surface area contributed by atoms with Gasteiger partial charge in [-0.3, -0.25) is 9.78 Å². The first kappa shape index (κ1) is 26.2. The average Bonchev–Trinajstić information content (AvgIpc) is 3.65. The maximum Gasteiger partial charge on any atom is 0.229 e. The number of carbonyl (C=O) groups excluding carboxylic acids is 1. The van der Waals surface area contributed by atoms with Crippen LogP contribution in [0.4, 0.5) is 11.4 Å².